The molecule has 1 saturated carbocycles. The van der Waals surface area contributed by atoms with Crippen LogP contribution in [0.15, 0.2) is 28.7 Å². The minimum Gasteiger partial charge on any atom is -0.314 e. The van der Waals surface area contributed by atoms with E-state index in [1.165, 1.54) is 55.2 Å². The van der Waals surface area contributed by atoms with Gasteiger partial charge in [-0.2, -0.15) is 0 Å². The Kier molecular flexibility index (Phi) is 4.25. The van der Waals surface area contributed by atoms with Gasteiger partial charge in [-0.1, -0.05) is 47.3 Å². The third-order valence-corrected chi connectivity index (χ3v) is 5.22. The molecule has 1 N–H and O–H groups in total. The second-order valence-electron chi connectivity index (χ2n) is 6.01. The SMILES string of the molecule is Brc1cccc(CN2CCNCC23CCCCC3)c1. The predicted molar refractivity (Wildman–Crippen MR) is 83.2 cm³/mol. The summed E-state index contributed by atoms with van der Waals surface area (Å²) in [7, 11) is 0. The molecule has 1 aromatic carbocycles. The molecule has 0 bridgehead atoms. The Morgan fingerprint density at radius 1 is 1.21 bits per heavy atom. The molecule has 0 amide bonds. The Hall–Kier alpha value is -0.380. The zero-order valence-corrected chi connectivity index (χ0v) is 13.1. The standard InChI is InChI=1S/C16H23BrN2/c17-15-6-4-5-14(11-15)12-19-10-9-18-13-16(19)7-2-1-3-8-16/h4-6,11,18H,1-3,7-10,12-13H2. The van der Waals surface area contributed by atoms with Crippen LogP contribution in [0, 0.1) is 0 Å². The van der Waals surface area contributed by atoms with Crippen LogP contribution >= 0.6 is 15.9 Å². The highest BCUT2D eigenvalue weighted by Gasteiger charge is 2.39. The minimum absolute atomic E-state index is 0.429. The first-order chi connectivity index (χ1) is 9.28. The summed E-state index contributed by atoms with van der Waals surface area (Å²) in [5.41, 5.74) is 1.86. The van der Waals surface area contributed by atoms with Gasteiger partial charge < -0.3 is 5.32 Å². The second kappa shape index (κ2) is 5.94. The first-order valence-corrected chi connectivity index (χ1v) is 8.28. The average molecular weight is 323 g/mol. The van der Waals surface area contributed by atoms with E-state index in [0.29, 0.717) is 5.54 Å². The summed E-state index contributed by atoms with van der Waals surface area (Å²) < 4.78 is 1.19. The molecule has 1 aliphatic heterocycles. The van der Waals surface area contributed by atoms with Gasteiger partial charge in [-0.25, -0.2) is 0 Å². The molecule has 0 atom stereocenters. The van der Waals surface area contributed by atoms with E-state index in [1.54, 1.807) is 0 Å². The highest BCUT2D eigenvalue weighted by molar-refractivity contribution is 9.10. The summed E-state index contributed by atoms with van der Waals surface area (Å²) in [5.74, 6) is 0. The van der Waals surface area contributed by atoms with Gasteiger partial charge in [0, 0.05) is 36.2 Å². The number of nitrogens with zero attached hydrogens (tertiary/aromatic N) is 1. The van der Waals surface area contributed by atoms with Crippen molar-refractivity contribution in [1.29, 1.82) is 0 Å². The smallest absolute Gasteiger partial charge is 0.0338 e. The van der Waals surface area contributed by atoms with Crippen molar-refractivity contribution in [1.82, 2.24) is 10.2 Å². The fraction of sp³-hybridized carbons (Fsp3) is 0.625. The zero-order chi connectivity index (χ0) is 13.1. The maximum Gasteiger partial charge on any atom is 0.0338 e. The van der Waals surface area contributed by atoms with Crippen molar-refractivity contribution in [2.24, 2.45) is 0 Å². The number of hydrogen-bond acceptors (Lipinski definition) is 2. The van der Waals surface area contributed by atoms with E-state index >= 15 is 0 Å². The van der Waals surface area contributed by atoms with Gasteiger partial charge >= 0.3 is 0 Å². The van der Waals surface area contributed by atoms with Gasteiger partial charge in [0.1, 0.15) is 0 Å². The molecule has 1 aliphatic carbocycles. The summed E-state index contributed by atoms with van der Waals surface area (Å²) in [4.78, 5) is 2.74. The van der Waals surface area contributed by atoms with E-state index in [4.69, 9.17) is 0 Å². The quantitative estimate of drug-likeness (QED) is 0.895. The van der Waals surface area contributed by atoms with E-state index in [2.05, 4.69) is 50.4 Å². The van der Waals surface area contributed by atoms with Gasteiger partial charge in [0.15, 0.2) is 0 Å². The maximum absolute atomic E-state index is 3.62. The first-order valence-electron chi connectivity index (χ1n) is 7.49. The van der Waals surface area contributed by atoms with Crippen LogP contribution in [0.1, 0.15) is 37.7 Å². The second-order valence-corrected chi connectivity index (χ2v) is 6.93. The Balaban J connectivity index is 1.77. The molecule has 104 valence electrons. The third-order valence-electron chi connectivity index (χ3n) is 4.73. The largest absolute Gasteiger partial charge is 0.314 e. The van der Waals surface area contributed by atoms with Crippen LogP contribution in [-0.4, -0.2) is 30.1 Å². The molecule has 3 heteroatoms. The Bertz CT molecular complexity index is 418. The van der Waals surface area contributed by atoms with Crippen molar-refractivity contribution in [2.45, 2.75) is 44.2 Å². The van der Waals surface area contributed by atoms with Crippen LogP contribution in [0.3, 0.4) is 0 Å². The molecule has 1 aromatic rings. The van der Waals surface area contributed by atoms with E-state index < -0.39 is 0 Å². The monoisotopic (exact) mass is 322 g/mol. The van der Waals surface area contributed by atoms with Crippen molar-refractivity contribution >= 4 is 15.9 Å². The fourth-order valence-electron chi connectivity index (χ4n) is 3.69. The Morgan fingerprint density at radius 2 is 2.05 bits per heavy atom. The highest BCUT2D eigenvalue weighted by atomic mass is 79.9. The van der Waals surface area contributed by atoms with E-state index in [-0.39, 0.29) is 0 Å². The molecule has 3 rings (SSSR count). The number of halogens is 1. The van der Waals surface area contributed by atoms with E-state index in [1.807, 2.05) is 0 Å². The van der Waals surface area contributed by atoms with Gasteiger partial charge in [-0.3, -0.25) is 4.90 Å². The van der Waals surface area contributed by atoms with Gasteiger partial charge in [0.05, 0.1) is 0 Å². The number of benzene rings is 1. The lowest BCUT2D eigenvalue weighted by atomic mass is 9.79. The summed E-state index contributed by atoms with van der Waals surface area (Å²) in [6.45, 7) is 4.60. The Morgan fingerprint density at radius 3 is 2.84 bits per heavy atom. The maximum atomic E-state index is 3.62. The molecule has 0 aromatic heterocycles. The van der Waals surface area contributed by atoms with Crippen molar-refractivity contribution in [2.75, 3.05) is 19.6 Å². The van der Waals surface area contributed by atoms with E-state index in [0.717, 1.165) is 13.1 Å². The number of nitrogens with one attached hydrogen (secondary N) is 1. The topological polar surface area (TPSA) is 15.3 Å². The van der Waals surface area contributed by atoms with Gasteiger partial charge in [-0.15, -0.1) is 0 Å². The van der Waals surface area contributed by atoms with Crippen LogP contribution in [0.5, 0.6) is 0 Å². The highest BCUT2D eigenvalue weighted by Crippen LogP contribution is 2.35. The minimum atomic E-state index is 0.429. The molecule has 2 aliphatic rings. The van der Waals surface area contributed by atoms with Gasteiger partial charge in [0.2, 0.25) is 0 Å². The number of rotatable bonds is 2. The molecule has 19 heavy (non-hydrogen) atoms. The molecule has 2 fully saturated rings. The Labute approximate surface area is 124 Å². The van der Waals surface area contributed by atoms with Crippen molar-refractivity contribution in [3.05, 3.63) is 34.3 Å². The molecule has 2 nitrogen and oxygen atoms in total. The van der Waals surface area contributed by atoms with Crippen LogP contribution in [-0.2, 0) is 6.54 Å². The van der Waals surface area contributed by atoms with Crippen LogP contribution in [0.2, 0.25) is 0 Å². The van der Waals surface area contributed by atoms with Gasteiger partial charge in [0.25, 0.3) is 0 Å². The van der Waals surface area contributed by atoms with Crippen LogP contribution in [0.25, 0.3) is 0 Å². The fourth-order valence-corrected chi connectivity index (χ4v) is 4.14. The predicted octanol–water partition coefficient (Wildman–Crippen LogP) is 3.56. The number of piperazine rings is 1. The number of hydrogen-bond donors (Lipinski definition) is 1. The lowest BCUT2D eigenvalue weighted by Gasteiger charge is -2.50. The average Bonchev–Trinajstić information content (AvgIpc) is 2.43. The molecule has 0 radical (unpaired) electrons. The van der Waals surface area contributed by atoms with Gasteiger partial charge in [-0.05, 0) is 30.5 Å². The van der Waals surface area contributed by atoms with Crippen molar-refractivity contribution < 1.29 is 0 Å². The van der Waals surface area contributed by atoms with Crippen molar-refractivity contribution in [3.63, 3.8) is 0 Å². The summed E-state index contributed by atoms with van der Waals surface area (Å²) in [6, 6.07) is 8.77. The molecule has 0 unspecified atom stereocenters. The molecular formula is C16H23BrN2. The molecule has 1 heterocycles. The first kappa shape index (κ1) is 13.6. The normalized spacial score (nSPS) is 23.6. The van der Waals surface area contributed by atoms with Crippen LogP contribution in [0.4, 0.5) is 0 Å². The summed E-state index contributed by atoms with van der Waals surface area (Å²) in [5, 5.41) is 3.62. The molecule has 1 spiro atoms. The molecular weight excluding hydrogens is 300 g/mol. The molecule has 1 saturated heterocycles. The summed E-state index contributed by atoms with van der Waals surface area (Å²) >= 11 is 3.58. The van der Waals surface area contributed by atoms with E-state index in [9.17, 15) is 0 Å². The lowest BCUT2D eigenvalue weighted by molar-refractivity contribution is 0.0209. The lowest BCUT2D eigenvalue weighted by Crippen LogP contribution is -2.61. The van der Waals surface area contributed by atoms with Crippen molar-refractivity contribution in [3.8, 4) is 0 Å². The van der Waals surface area contributed by atoms with Crippen LogP contribution < -0.4 is 5.32 Å². The third kappa shape index (κ3) is 3.04. The zero-order valence-electron chi connectivity index (χ0n) is 11.5. The summed E-state index contributed by atoms with van der Waals surface area (Å²) in [6.07, 6.45) is 6.96.